The number of nitrogens with one attached hydrogen (secondary N) is 1. The first-order valence-electron chi connectivity index (χ1n) is 7.96. The smallest absolute Gasteiger partial charge is 0.393 e. The molecule has 0 aliphatic heterocycles. The molecule has 8 heteroatoms. The van der Waals surface area contributed by atoms with Crippen molar-refractivity contribution in [3.05, 3.63) is 41.7 Å². The summed E-state index contributed by atoms with van der Waals surface area (Å²) in [5.74, 6) is -0.472. The van der Waals surface area contributed by atoms with Gasteiger partial charge in [0.1, 0.15) is 5.69 Å². The number of aliphatic hydroxyl groups is 1. The lowest BCUT2D eigenvalue weighted by Crippen LogP contribution is -2.39. The van der Waals surface area contributed by atoms with Crippen molar-refractivity contribution < 1.29 is 27.6 Å². The molecule has 3 rings (SSSR count). The molecule has 2 atom stereocenters. The average molecular weight is 354 g/mol. The van der Waals surface area contributed by atoms with E-state index in [2.05, 4.69) is 10.5 Å². The Morgan fingerprint density at radius 1 is 1.24 bits per heavy atom. The Morgan fingerprint density at radius 2 is 1.96 bits per heavy atom. The maximum Gasteiger partial charge on any atom is 0.416 e. The predicted octanol–water partition coefficient (Wildman–Crippen LogP) is 3.39. The van der Waals surface area contributed by atoms with Crippen LogP contribution < -0.4 is 5.32 Å². The Hall–Kier alpha value is -2.35. The highest BCUT2D eigenvalue weighted by Crippen LogP contribution is 2.31. The number of hydrogen-bond donors (Lipinski definition) is 2. The topological polar surface area (TPSA) is 75.4 Å². The van der Waals surface area contributed by atoms with Crippen molar-refractivity contribution in [1.29, 1.82) is 0 Å². The van der Waals surface area contributed by atoms with Gasteiger partial charge in [0.25, 0.3) is 5.91 Å². The van der Waals surface area contributed by atoms with E-state index in [1.165, 1.54) is 18.2 Å². The maximum absolute atomic E-state index is 12.6. The minimum atomic E-state index is -4.40. The lowest BCUT2D eigenvalue weighted by molar-refractivity contribution is -0.137. The monoisotopic (exact) mass is 354 g/mol. The largest absolute Gasteiger partial charge is 0.416 e. The molecule has 0 saturated heterocycles. The van der Waals surface area contributed by atoms with E-state index in [0.29, 0.717) is 12.0 Å². The lowest BCUT2D eigenvalue weighted by atomic mass is 9.93. The summed E-state index contributed by atoms with van der Waals surface area (Å²) in [6.07, 6.45) is -1.99. The Balaban J connectivity index is 1.68. The van der Waals surface area contributed by atoms with Gasteiger partial charge in [0, 0.05) is 17.7 Å². The Kier molecular flexibility index (Phi) is 4.80. The van der Waals surface area contributed by atoms with Crippen molar-refractivity contribution in [3.8, 4) is 11.3 Å². The van der Waals surface area contributed by atoms with E-state index in [4.69, 9.17) is 4.52 Å². The number of aliphatic hydroxyl groups excluding tert-OH is 1. The summed E-state index contributed by atoms with van der Waals surface area (Å²) >= 11 is 0. The van der Waals surface area contributed by atoms with Crippen LogP contribution in [0.1, 0.15) is 41.8 Å². The van der Waals surface area contributed by atoms with E-state index in [0.717, 1.165) is 31.4 Å². The standard InChI is InChI=1S/C17H17F3N2O3/c18-17(19,20)11-6-4-10(5-7-11)14-9-15(25-22-14)16(24)21-12-2-1-3-13(23)8-12/h4-7,9,12-13,23H,1-3,8H2,(H,21,24)/t12-,13+/m1/s1. The normalized spacial score (nSPS) is 21.1. The molecular formula is C17H17F3N2O3. The van der Waals surface area contributed by atoms with Crippen LogP contribution in [0.5, 0.6) is 0 Å². The molecule has 0 radical (unpaired) electrons. The van der Waals surface area contributed by atoms with Crippen LogP contribution >= 0.6 is 0 Å². The number of carbonyl (C=O) groups excluding carboxylic acids is 1. The van der Waals surface area contributed by atoms with Gasteiger partial charge in [-0.2, -0.15) is 13.2 Å². The van der Waals surface area contributed by atoms with Crippen LogP contribution in [0.25, 0.3) is 11.3 Å². The Labute approximate surface area is 141 Å². The van der Waals surface area contributed by atoms with Gasteiger partial charge in [0.2, 0.25) is 5.76 Å². The summed E-state index contributed by atoms with van der Waals surface area (Å²) in [6, 6.07) is 5.72. The number of amides is 1. The van der Waals surface area contributed by atoms with Crippen LogP contribution in [0.3, 0.4) is 0 Å². The number of halogens is 3. The minimum Gasteiger partial charge on any atom is -0.393 e. The van der Waals surface area contributed by atoms with E-state index in [1.807, 2.05) is 0 Å². The Morgan fingerprint density at radius 3 is 2.60 bits per heavy atom. The molecule has 25 heavy (non-hydrogen) atoms. The first kappa shape index (κ1) is 17.5. The third-order valence-corrected chi connectivity index (χ3v) is 4.22. The van der Waals surface area contributed by atoms with Crippen molar-refractivity contribution >= 4 is 5.91 Å². The molecule has 1 heterocycles. The van der Waals surface area contributed by atoms with E-state index in [-0.39, 0.29) is 17.5 Å². The number of alkyl halides is 3. The second kappa shape index (κ2) is 6.87. The van der Waals surface area contributed by atoms with Crippen molar-refractivity contribution in [2.45, 2.75) is 44.0 Å². The van der Waals surface area contributed by atoms with Crippen LogP contribution in [0.4, 0.5) is 13.2 Å². The molecule has 1 fully saturated rings. The average Bonchev–Trinajstić information content (AvgIpc) is 3.04. The minimum absolute atomic E-state index is 0.0186. The van der Waals surface area contributed by atoms with Gasteiger partial charge in [-0.3, -0.25) is 4.79 Å². The molecule has 1 aromatic heterocycles. The van der Waals surface area contributed by atoms with Gasteiger partial charge < -0.3 is 14.9 Å². The molecule has 0 spiro atoms. The summed E-state index contributed by atoms with van der Waals surface area (Å²) in [4.78, 5) is 12.2. The fourth-order valence-corrected chi connectivity index (χ4v) is 2.90. The van der Waals surface area contributed by atoms with Gasteiger partial charge in [-0.05, 0) is 37.8 Å². The van der Waals surface area contributed by atoms with Crippen LogP contribution in [0.2, 0.25) is 0 Å². The van der Waals surface area contributed by atoms with E-state index in [9.17, 15) is 23.1 Å². The Bertz CT molecular complexity index is 740. The zero-order chi connectivity index (χ0) is 18.0. The van der Waals surface area contributed by atoms with Crippen molar-refractivity contribution in [3.63, 3.8) is 0 Å². The van der Waals surface area contributed by atoms with Crippen LogP contribution in [-0.4, -0.2) is 28.3 Å². The lowest BCUT2D eigenvalue weighted by Gasteiger charge is -2.26. The molecule has 1 amide bonds. The number of aromatic nitrogens is 1. The van der Waals surface area contributed by atoms with Crippen LogP contribution in [0.15, 0.2) is 34.9 Å². The first-order chi connectivity index (χ1) is 11.8. The van der Waals surface area contributed by atoms with Crippen LogP contribution in [-0.2, 0) is 6.18 Å². The number of benzene rings is 1. The maximum atomic E-state index is 12.6. The molecular weight excluding hydrogens is 337 g/mol. The van der Waals surface area contributed by atoms with Crippen molar-refractivity contribution in [1.82, 2.24) is 10.5 Å². The molecule has 0 bridgehead atoms. The first-order valence-corrected chi connectivity index (χ1v) is 7.96. The van der Waals surface area contributed by atoms with Gasteiger partial charge in [-0.25, -0.2) is 0 Å². The second-order valence-electron chi connectivity index (χ2n) is 6.14. The van der Waals surface area contributed by atoms with E-state index < -0.39 is 23.8 Å². The molecule has 2 aromatic rings. The van der Waals surface area contributed by atoms with E-state index >= 15 is 0 Å². The summed E-state index contributed by atoms with van der Waals surface area (Å²) < 4.78 is 42.7. The summed E-state index contributed by atoms with van der Waals surface area (Å²) in [5, 5.41) is 16.1. The summed E-state index contributed by atoms with van der Waals surface area (Å²) in [5.41, 5.74) is -0.0555. The molecule has 134 valence electrons. The van der Waals surface area contributed by atoms with E-state index in [1.54, 1.807) is 0 Å². The number of rotatable bonds is 3. The SMILES string of the molecule is O=C(N[C@@H]1CCC[C@H](O)C1)c1cc(-c2ccc(C(F)(F)F)cc2)no1. The summed E-state index contributed by atoms with van der Waals surface area (Å²) in [7, 11) is 0. The fraction of sp³-hybridized carbons (Fsp3) is 0.412. The second-order valence-corrected chi connectivity index (χ2v) is 6.14. The highest BCUT2D eigenvalue weighted by Gasteiger charge is 2.30. The van der Waals surface area contributed by atoms with Crippen molar-refractivity contribution in [2.75, 3.05) is 0 Å². The zero-order valence-electron chi connectivity index (χ0n) is 13.2. The fourth-order valence-electron chi connectivity index (χ4n) is 2.90. The number of nitrogens with zero attached hydrogens (tertiary/aromatic N) is 1. The molecule has 2 N–H and O–H groups in total. The number of hydrogen-bond acceptors (Lipinski definition) is 4. The summed E-state index contributed by atoms with van der Waals surface area (Å²) in [6.45, 7) is 0. The molecule has 0 unspecified atom stereocenters. The molecule has 1 aromatic carbocycles. The molecule has 1 aliphatic rings. The molecule has 1 saturated carbocycles. The van der Waals surface area contributed by atoms with Gasteiger partial charge in [-0.15, -0.1) is 0 Å². The van der Waals surface area contributed by atoms with Gasteiger partial charge in [-0.1, -0.05) is 17.3 Å². The predicted molar refractivity (Wildman–Crippen MR) is 82.7 cm³/mol. The van der Waals surface area contributed by atoms with Gasteiger partial charge >= 0.3 is 6.18 Å². The van der Waals surface area contributed by atoms with Gasteiger partial charge in [0.15, 0.2) is 0 Å². The third-order valence-electron chi connectivity index (χ3n) is 4.22. The van der Waals surface area contributed by atoms with Crippen molar-refractivity contribution in [2.24, 2.45) is 0 Å². The van der Waals surface area contributed by atoms with Gasteiger partial charge in [0.05, 0.1) is 11.7 Å². The molecule has 5 nitrogen and oxygen atoms in total. The van der Waals surface area contributed by atoms with Crippen LogP contribution in [0, 0.1) is 0 Å². The quantitative estimate of drug-likeness (QED) is 0.886. The third kappa shape index (κ3) is 4.19. The number of carbonyl (C=O) groups is 1. The highest BCUT2D eigenvalue weighted by atomic mass is 19.4. The highest BCUT2D eigenvalue weighted by molar-refractivity contribution is 5.92. The molecule has 1 aliphatic carbocycles. The zero-order valence-corrected chi connectivity index (χ0v) is 13.2.